The molecule has 8 heteroatoms. The van der Waals surface area contributed by atoms with Gasteiger partial charge in [-0.2, -0.15) is 10.1 Å². The molecule has 0 bridgehead atoms. The number of amides is 1. The van der Waals surface area contributed by atoms with Gasteiger partial charge in [0.1, 0.15) is 12.1 Å². The number of aryl methyl sites for hydroxylation is 2. The van der Waals surface area contributed by atoms with Crippen molar-refractivity contribution in [2.75, 3.05) is 27.7 Å². The smallest absolute Gasteiger partial charge is 0.252 e. The van der Waals surface area contributed by atoms with E-state index in [1.807, 2.05) is 52.2 Å². The molecule has 2 aromatic heterocycles. The topological polar surface area (TPSA) is 84.6 Å². The molecule has 0 spiro atoms. The summed E-state index contributed by atoms with van der Waals surface area (Å²) in [5.74, 6) is 1.40. The highest BCUT2D eigenvalue weighted by Crippen LogP contribution is 2.22. The summed E-state index contributed by atoms with van der Waals surface area (Å²) in [6.45, 7) is 4.45. The first-order valence-corrected chi connectivity index (χ1v) is 9.63. The van der Waals surface area contributed by atoms with E-state index in [0.717, 1.165) is 28.3 Å². The van der Waals surface area contributed by atoms with Crippen LogP contribution < -0.4 is 10.1 Å². The minimum Gasteiger partial charge on any atom is -0.497 e. The maximum atomic E-state index is 12.5. The number of fused-ring (bicyclic) bond motifs is 1. The van der Waals surface area contributed by atoms with Gasteiger partial charge in [0.15, 0.2) is 0 Å². The van der Waals surface area contributed by atoms with Crippen LogP contribution in [0.3, 0.4) is 0 Å². The second kappa shape index (κ2) is 9.00. The first-order chi connectivity index (χ1) is 13.9. The Balaban J connectivity index is 1.63. The molecule has 29 heavy (non-hydrogen) atoms. The molecule has 0 aliphatic carbocycles. The summed E-state index contributed by atoms with van der Waals surface area (Å²) in [6.07, 6.45) is 2.49. The van der Waals surface area contributed by atoms with Crippen LogP contribution in [0.1, 0.15) is 35.0 Å². The molecule has 0 radical (unpaired) electrons. The fourth-order valence-electron chi connectivity index (χ4n) is 3.50. The summed E-state index contributed by atoms with van der Waals surface area (Å²) < 4.78 is 7.04. The van der Waals surface area contributed by atoms with Gasteiger partial charge in [0, 0.05) is 24.4 Å². The van der Waals surface area contributed by atoms with Crippen molar-refractivity contribution in [3.8, 4) is 5.75 Å². The largest absolute Gasteiger partial charge is 0.497 e. The number of rotatable bonds is 8. The van der Waals surface area contributed by atoms with E-state index in [1.165, 1.54) is 6.33 Å². The van der Waals surface area contributed by atoms with E-state index in [2.05, 4.69) is 25.3 Å². The maximum absolute atomic E-state index is 12.5. The number of nitrogens with zero attached hydrogens (tertiary/aromatic N) is 5. The predicted molar refractivity (Wildman–Crippen MR) is 111 cm³/mol. The lowest BCUT2D eigenvalue weighted by Gasteiger charge is -2.25. The average Bonchev–Trinajstić information content (AvgIpc) is 3.16. The molecule has 0 fully saturated rings. The highest BCUT2D eigenvalue weighted by molar-refractivity contribution is 5.76. The van der Waals surface area contributed by atoms with Crippen molar-refractivity contribution in [1.29, 1.82) is 0 Å². The summed E-state index contributed by atoms with van der Waals surface area (Å²) in [7, 11) is 5.66. The van der Waals surface area contributed by atoms with Crippen LogP contribution in [0, 0.1) is 13.8 Å². The lowest BCUT2D eigenvalue weighted by Crippen LogP contribution is -2.34. The van der Waals surface area contributed by atoms with E-state index >= 15 is 0 Å². The van der Waals surface area contributed by atoms with Crippen molar-refractivity contribution in [3.05, 3.63) is 53.1 Å². The molecule has 8 nitrogen and oxygen atoms in total. The lowest BCUT2D eigenvalue weighted by molar-refractivity contribution is -0.121. The van der Waals surface area contributed by atoms with E-state index in [4.69, 9.17) is 4.74 Å². The zero-order valence-electron chi connectivity index (χ0n) is 17.6. The number of likely N-dealkylation sites (N-methyl/N-ethyl adjacent to an activating group) is 1. The van der Waals surface area contributed by atoms with Gasteiger partial charge in [0.25, 0.3) is 5.78 Å². The summed E-state index contributed by atoms with van der Waals surface area (Å²) in [5, 5.41) is 7.27. The number of carbonyl (C=O) groups excluding carboxylic acids is 1. The van der Waals surface area contributed by atoms with Crippen LogP contribution in [0.5, 0.6) is 5.75 Å². The molecule has 0 unspecified atom stereocenters. The molecule has 0 saturated carbocycles. The molecule has 1 aromatic carbocycles. The highest BCUT2D eigenvalue weighted by atomic mass is 16.5. The maximum Gasteiger partial charge on any atom is 0.252 e. The molecule has 1 atom stereocenters. The summed E-state index contributed by atoms with van der Waals surface area (Å²) in [5.41, 5.74) is 4.00. The third-order valence-corrected chi connectivity index (χ3v) is 5.19. The van der Waals surface area contributed by atoms with Crippen LogP contribution >= 0.6 is 0 Å². The molecule has 2 heterocycles. The Kier molecular flexibility index (Phi) is 6.43. The number of ether oxygens (including phenoxy) is 1. The molecular formula is C21H28N6O2. The summed E-state index contributed by atoms with van der Waals surface area (Å²) in [4.78, 5) is 23.2. The fourth-order valence-corrected chi connectivity index (χ4v) is 3.50. The van der Waals surface area contributed by atoms with E-state index in [9.17, 15) is 4.79 Å². The van der Waals surface area contributed by atoms with Gasteiger partial charge in [0.05, 0.1) is 13.2 Å². The van der Waals surface area contributed by atoms with E-state index in [-0.39, 0.29) is 11.9 Å². The Morgan fingerprint density at radius 1 is 1.31 bits per heavy atom. The first kappa shape index (κ1) is 20.7. The average molecular weight is 396 g/mol. The van der Waals surface area contributed by atoms with Crippen molar-refractivity contribution < 1.29 is 9.53 Å². The van der Waals surface area contributed by atoms with Crippen molar-refractivity contribution in [3.63, 3.8) is 0 Å². The molecule has 1 amide bonds. The SMILES string of the molecule is COc1cccc([C@H](CNC(=O)CCc2c(C)nc3ncnn3c2C)N(C)C)c1. The number of hydrogen-bond acceptors (Lipinski definition) is 6. The van der Waals surface area contributed by atoms with Crippen molar-refractivity contribution in [1.82, 2.24) is 29.8 Å². The number of nitrogens with one attached hydrogen (secondary N) is 1. The van der Waals surface area contributed by atoms with Crippen LogP contribution in [0.15, 0.2) is 30.6 Å². The highest BCUT2D eigenvalue weighted by Gasteiger charge is 2.17. The lowest BCUT2D eigenvalue weighted by atomic mass is 10.0. The third kappa shape index (κ3) is 4.71. The Bertz CT molecular complexity index is 998. The monoisotopic (exact) mass is 396 g/mol. The minimum absolute atomic E-state index is 0.0113. The summed E-state index contributed by atoms with van der Waals surface area (Å²) in [6, 6.07) is 7.99. The molecular weight excluding hydrogens is 368 g/mol. The van der Waals surface area contributed by atoms with Gasteiger partial charge in [-0.05, 0) is 57.6 Å². The van der Waals surface area contributed by atoms with Crippen LogP contribution in [-0.4, -0.2) is 58.1 Å². The van der Waals surface area contributed by atoms with Gasteiger partial charge in [-0.25, -0.2) is 9.50 Å². The predicted octanol–water partition coefficient (Wildman–Crippen LogP) is 2.10. The first-order valence-electron chi connectivity index (χ1n) is 9.63. The van der Waals surface area contributed by atoms with Crippen molar-refractivity contribution >= 4 is 11.7 Å². The molecule has 3 aromatic rings. The Labute approximate surface area is 170 Å². The summed E-state index contributed by atoms with van der Waals surface area (Å²) >= 11 is 0. The van der Waals surface area contributed by atoms with Gasteiger partial charge in [-0.15, -0.1) is 0 Å². The normalized spacial score (nSPS) is 12.3. The van der Waals surface area contributed by atoms with Crippen LogP contribution in [0.2, 0.25) is 0 Å². The van der Waals surface area contributed by atoms with Gasteiger partial charge in [0.2, 0.25) is 5.91 Å². The van der Waals surface area contributed by atoms with Crippen LogP contribution in [0.25, 0.3) is 5.78 Å². The Morgan fingerprint density at radius 3 is 2.83 bits per heavy atom. The Morgan fingerprint density at radius 2 is 2.10 bits per heavy atom. The molecule has 0 aliphatic heterocycles. The zero-order chi connectivity index (χ0) is 21.0. The second-order valence-corrected chi connectivity index (χ2v) is 7.29. The number of hydrogen-bond donors (Lipinski definition) is 1. The number of aromatic nitrogens is 4. The van der Waals surface area contributed by atoms with Crippen LogP contribution in [0.4, 0.5) is 0 Å². The third-order valence-electron chi connectivity index (χ3n) is 5.19. The number of carbonyl (C=O) groups is 1. The van der Waals surface area contributed by atoms with Crippen molar-refractivity contribution in [2.24, 2.45) is 0 Å². The van der Waals surface area contributed by atoms with Gasteiger partial charge in [-0.1, -0.05) is 12.1 Å². The number of benzene rings is 1. The van der Waals surface area contributed by atoms with Crippen LogP contribution in [-0.2, 0) is 11.2 Å². The second-order valence-electron chi connectivity index (χ2n) is 7.29. The van der Waals surface area contributed by atoms with Gasteiger partial charge < -0.3 is 15.0 Å². The molecule has 0 saturated heterocycles. The number of methoxy groups -OCH3 is 1. The fraction of sp³-hybridized carbons (Fsp3) is 0.429. The Hall–Kier alpha value is -3.00. The standard InChI is InChI=1S/C21H28N6O2/c1-14-18(15(2)27-21(25-14)23-13-24-27)9-10-20(28)22-12-19(26(3)4)16-7-6-8-17(11-16)29-5/h6-8,11,13,19H,9-10,12H2,1-5H3,(H,22,28)/t19-/m0/s1. The van der Waals surface area contributed by atoms with E-state index in [0.29, 0.717) is 25.2 Å². The molecule has 3 rings (SSSR count). The zero-order valence-corrected chi connectivity index (χ0v) is 17.6. The van der Waals surface area contributed by atoms with Gasteiger partial charge >= 0.3 is 0 Å². The van der Waals surface area contributed by atoms with E-state index < -0.39 is 0 Å². The molecule has 154 valence electrons. The van der Waals surface area contributed by atoms with E-state index in [1.54, 1.807) is 11.6 Å². The quantitative estimate of drug-likeness (QED) is 0.628. The minimum atomic E-state index is 0.0113. The molecule has 0 aliphatic rings. The van der Waals surface area contributed by atoms with Crippen molar-refractivity contribution in [2.45, 2.75) is 32.7 Å². The molecule has 1 N–H and O–H groups in total. The van der Waals surface area contributed by atoms with Gasteiger partial charge in [-0.3, -0.25) is 4.79 Å².